The third-order valence-electron chi connectivity index (χ3n) is 2.96. The van der Waals surface area contributed by atoms with Crippen molar-refractivity contribution in [2.24, 2.45) is 0 Å². The molecule has 0 bridgehead atoms. The monoisotopic (exact) mass is 256 g/mol. The van der Waals surface area contributed by atoms with E-state index in [0.717, 1.165) is 36.7 Å². The maximum atomic E-state index is 5.74. The van der Waals surface area contributed by atoms with Crippen molar-refractivity contribution < 1.29 is 14.2 Å². The number of rotatable bonds is 3. The van der Waals surface area contributed by atoms with Crippen LogP contribution in [0.25, 0.3) is 0 Å². The van der Waals surface area contributed by atoms with E-state index in [1.807, 2.05) is 54.6 Å². The molecule has 0 spiro atoms. The smallest absolute Gasteiger partial charge is 0.183 e. The van der Waals surface area contributed by atoms with Gasteiger partial charge in [-0.2, -0.15) is 0 Å². The van der Waals surface area contributed by atoms with Gasteiger partial charge in [-0.3, -0.25) is 0 Å². The van der Waals surface area contributed by atoms with Gasteiger partial charge >= 0.3 is 0 Å². The molecule has 98 valence electrons. The lowest BCUT2D eigenvalue weighted by molar-refractivity contribution is -0.183. The molecule has 1 fully saturated rings. The minimum atomic E-state index is -0.237. The number of hydrogen-bond donors (Lipinski definition) is 0. The lowest BCUT2D eigenvalue weighted by Gasteiger charge is -2.23. The van der Waals surface area contributed by atoms with E-state index < -0.39 is 0 Å². The van der Waals surface area contributed by atoms with E-state index in [1.54, 1.807) is 0 Å². The van der Waals surface area contributed by atoms with Gasteiger partial charge in [0.15, 0.2) is 6.29 Å². The molecule has 0 radical (unpaired) electrons. The van der Waals surface area contributed by atoms with Crippen LogP contribution in [0.3, 0.4) is 0 Å². The molecule has 3 rings (SSSR count). The van der Waals surface area contributed by atoms with E-state index in [4.69, 9.17) is 14.2 Å². The fraction of sp³-hybridized carbons (Fsp3) is 0.250. The topological polar surface area (TPSA) is 27.7 Å². The molecule has 1 heterocycles. The Bertz CT molecular complexity index is 501. The van der Waals surface area contributed by atoms with Crippen molar-refractivity contribution in [2.45, 2.75) is 12.7 Å². The minimum Gasteiger partial charge on any atom is -0.457 e. The van der Waals surface area contributed by atoms with Gasteiger partial charge in [-0.1, -0.05) is 30.3 Å². The van der Waals surface area contributed by atoms with Crippen LogP contribution in [0.15, 0.2) is 54.6 Å². The fourth-order valence-corrected chi connectivity index (χ4v) is 2.00. The van der Waals surface area contributed by atoms with Gasteiger partial charge in [-0.15, -0.1) is 0 Å². The Balaban J connectivity index is 1.68. The van der Waals surface area contributed by atoms with Crippen LogP contribution >= 0.6 is 0 Å². The molecular weight excluding hydrogens is 240 g/mol. The van der Waals surface area contributed by atoms with Gasteiger partial charge < -0.3 is 14.2 Å². The molecule has 0 saturated carbocycles. The molecule has 0 aromatic heterocycles. The molecule has 1 aliphatic rings. The second-order valence-corrected chi connectivity index (χ2v) is 4.41. The van der Waals surface area contributed by atoms with Crippen LogP contribution in [0, 0.1) is 0 Å². The Morgan fingerprint density at radius 1 is 0.789 bits per heavy atom. The lowest BCUT2D eigenvalue weighted by atomic mass is 10.2. The highest BCUT2D eigenvalue weighted by molar-refractivity contribution is 5.33. The first-order chi connectivity index (χ1) is 9.42. The average Bonchev–Trinajstić information content (AvgIpc) is 2.50. The summed E-state index contributed by atoms with van der Waals surface area (Å²) in [5.74, 6) is 1.64. The van der Waals surface area contributed by atoms with Crippen molar-refractivity contribution in [3.05, 3.63) is 60.2 Å². The van der Waals surface area contributed by atoms with Gasteiger partial charge in [0.25, 0.3) is 0 Å². The molecule has 0 atom stereocenters. The standard InChI is InChI=1S/C16H16O3/c1-2-5-14(6-3-1)19-15-9-7-13(8-10-15)16-17-11-4-12-18-16/h1-3,5-10,16H,4,11-12H2. The summed E-state index contributed by atoms with van der Waals surface area (Å²) >= 11 is 0. The molecule has 2 aromatic carbocycles. The van der Waals surface area contributed by atoms with Crippen LogP contribution in [-0.4, -0.2) is 13.2 Å². The van der Waals surface area contributed by atoms with Crippen LogP contribution in [0.4, 0.5) is 0 Å². The van der Waals surface area contributed by atoms with E-state index in [9.17, 15) is 0 Å². The van der Waals surface area contributed by atoms with Crippen LogP contribution in [0.5, 0.6) is 11.5 Å². The maximum Gasteiger partial charge on any atom is 0.183 e. The first-order valence-electron chi connectivity index (χ1n) is 6.48. The van der Waals surface area contributed by atoms with E-state index in [-0.39, 0.29) is 6.29 Å². The number of para-hydroxylation sites is 1. The van der Waals surface area contributed by atoms with Crippen molar-refractivity contribution in [2.75, 3.05) is 13.2 Å². The summed E-state index contributed by atoms with van der Waals surface area (Å²) in [6.45, 7) is 1.51. The van der Waals surface area contributed by atoms with Crippen LogP contribution in [-0.2, 0) is 9.47 Å². The lowest BCUT2D eigenvalue weighted by Crippen LogP contribution is -2.17. The van der Waals surface area contributed by atoms with Gasteiger partial charge in [-0.05, 0) is 30.7 Å². The number of hydrogen-bond acceptors (Lipinski definition) is 3. The summed E-state index contributed by atoms with van der Waals surface area (Å²) in [4.78, 5) is 0. The molecule has 0 amide bonds. The van der Waals surface area contributed by atoms with Crippen molar-refractivity contribution in [3.8, 4) is 11.5 Å². The van der Waals surface area contributed by atoms with Crippen LogP contribution in [0.1, 0.15) is 18.3 Å². The van der Waals surface area contributed by atoms with Gasteiger partial charge in [-0.25, -0.2) is 0 Å². The molecular formula is C16H16O3. The predicted octanol–water partition coefficient (Wildman–Crippen LogP) is 3.91. The Morgan fingerprint density at radius 2 is 1.42 bits per heavy atom. The van der Waals surface area contributed by atoms with Gasteiger partial charge in [0.05, 0.1) is 13.2 Å². The largest absolute Gasteiger partial charge is 0.457 e. The van der Waals surface area contributed by atoms with Crippen LogP contribution in [0.2, 0.25) is 0 Å². The van der Waals surface area contributed by atoms with Gasteiger partial charge in [0.1, 0.15) is 11.5 Å². The molecule has 3 heteroatoms. The first kappa shape index (κ1) is 12.2. The Kier molecular flexibility index (Phi) is 3.77. The summed E-state index contributed by atoms with van der Waals surface area (Å²) in [5.41, 5.74) is 1.03. The highest BCUT2D eigenvalue weighted by Crippen LogP contribution is 2.26. The molecule has 0 aliphatic carbocycles. The minimum absolute atomic E-state index is 0.237. The van der Waals surface area contributed by atoms with E-state index in [1.165, 1.54) is 0 Å². The van der Waals surface area contributed by atoms with Crippen molar-refractivity contribution in [1.82, 2.24) is 0 Å². The third kappa shape index (κ3) is 3.13. The molecule has 19 heavy (non-hydrogen) atoms. The predicted molar refractivity (Wildman–Crippen MR) is 72.2 cm³/mol. The average molecular weight is 256 g/mol. The Morgan fingerprint density at radius 3 is 2.11 bits per heavy atom. The zero-order chi connectivity index (χ0) is 12.9. The second-order valence-electron chi connectivity index (χ2n) is 4.41. The highest BCUT2D eigenvalue weighted by Gasteiger charge is 2.16. The summed E-state index contributed by atoms with van der Waals surface area (Å²) in [5, 5.41) is 0. The quantitative estimate of drug-likeness (QED) is 0.833. The molecule has 1 aliphatic heterocycles. The number of benzene rings is 2. The second kappa shape index (κ2) is 5.87. The highest BCUT2D eigenvalue weighted by atomic mass is 16.7. The molecule has 1 saturated heterocycles. The molecule has 2 aromatic rings. The number of ether oxygens (including phenoxy) is 3. The molecule has 0 unspecified atom stereocenters. The summed E-state index contributed by atoms with van der Waals surface area (Å²) < 4.78 is 16.9. The Hall–Kier alpha value is -1.84. The zero-order valence-electron chi connectivity index (χ0n) is 10.6. The summed E-state index contributed by atoms with van der Waals surface area (Å²) in [6.07, 6.45) is 0.727. The van der Waals surface area contributed by atoms with E-state index >= 15 is 0 Å². The molecule has 3 nitrogen and oxygen atoms in total. The van der Waals surface area contributed by atoms with Gasteiger partial charge in [0, 0.05) is 5.56 Å². The normalized spacial score (nSPS) is 16.2. The zero-order valence-corrected chi connectivity index (χ0v) is 10.6. The van der Waals surface area contributed by atoms with Crippen molar-refractivity contribution >= 4 is 0 Å². The van der Waals surface area contributed by atoms with Crippen molar-refractivity contribution in [1.29, 1.82) is 0 Å². The van der Waals surface area contributed by atoms with Crippen molar-refractivity contribution in [3.63, 3.8) is 0 Å². The molecule has 0 N–H and O–H groups in total. The maximum absolute atomic E-state index is 5.74. The van der Waals surface area contributed by atoms with Gasteiger partial charge in [0.2, 0.25) is 0 Å². The fourth-order valence-electron chi connectivity index (χ4n) is 2.00. The Labute approximate surface area is 112 Å². The van der Waals surface area contributed by atoms with Crippen LogP contribution < -0.4 is 4.74 Å². The third-order valence-corrected chi connectivity index (χ3v) is 2.96. The first-order valence-corrected chi connectivity index (χ1v) is 6.48. The summed E-state index contributed by atoms with van der Waals surface area (Å²) in [6, 6.07) is 17.6. The van der Waals surface area contributed by atoms with E-state index in [2.05, 4.69) is 0 Å². The van der Waals surface area contributed by atoms with E-state index in [0.29, 0.717) is 0 Å². The summed E-state index contributed by atoms with van der Waals surface area (Å²) in [7, 11) is 0. The SMILES string of the molecule is c1ccc(Oc2ccc(C3OCCCO3)cc2)cc1.